The Hall–Kier alpha value is -5.32. The molecule has 0 bridgehead atoms. The summed E-state index contributed by atoms with van der Waals surface area (Å²) in [5.41, 5.74) is 10.2. The van der Waals surface area contributed by atoms with Crippen LogP contribution in [0.5, 0.6) is 0 Å². The third-order valence-corrected chi connectivity index (χ3v) is 8.73. The summed E-state index contributed by atoms with van der Waals surface area (Å²) in [6.45, 7) is 3.19. The monoisotopic (exact) mass is 570 g/mol. The fraction of sp³-hybridized carbons (Fsp3) is 0.273. The number of nitrogen functional groups attached to an aromatic ring is 1. The van der Waals surface area contributed by atoms with Crippen LogP contribution in [0.25, 0.3) is 21.9 Å². The Kier molecular flexibility index (Phi) is 7.01. The number of anilines is 2. The van der Waals surface area contributed by atoms with E-state index in [4.69, 9.17) is 11.0 Å². The normalized spacial score (nSPS) is 16.9. The number of nitriles is 2. The summed E-state index contributed by atoms with van der Waals surface area (Å²) < 4.78 is 0. The van der Waals surface area contributed by atoms with E-state index in [-0.39, 0.29) is 11.4 Å². The predicted octanol–water partition coefficient (Wildman–Crippen LogP) is 4.16. The zero-order valence-corrected chi connectivity index (χ0v) is 23.7. The first-order valence-corrected chi connectivity index (χ1v) is 14.2. The molecule has 1 aliphatic carbocycles. The highest BCUT2D eigenvalue weighted by atomic mass is 16.2. The van der Waals surface area contributed by atoms with Gasteiger partial charge in [0.25, 0.3) is 0 Å². The highest BCUT2D eigenvalue weighted by Crippen LogP contribution is 2.52. The van der Waals surface area contributed by atoms with E-state index in [1.807, 2.05) is 49.4 Å². The molecule has 214 valence electrons. The van der Waals surface area contributed by atoms with Gasteiger partial charge >= 0.3 is 11.8 Å². The average molecular weight is 571 g/mol. The minimum Gasteiger partial charge on any atom is -0.398 e. The lowest BCUT2D eigenvalue weighted by Crippen LogP contribution is -2.57. The molecule has 0 spiro atoms. The van der Waals surface area contributed by atoms with Crippen LogP contribution in [0, 0.1) is 29.6 Å². The van der Waals surface area contributed by atoms with Crippen LogP contribution in [0.15, 0.2) is 67.1 Å². The molecule has 2 fully saturated rings. The molecule has 4 N–H and O–H groups in total. The van der Waals surface area contributed by atoms with Crippen LogP contribution in [0.3, 0.4) is 0 Å². The number of hydrogen-bond acceptors (Lipinski definition) is 8. The van der Waals surface area contributed by atoms with Crippen LogP contribution in [-0.2, 0) is 15.1 Å². The van der Waals surface area contributed by atoms with E-state index >= 15 is 0 Å². The second-order valence-corrected chi connectivity index (χ2v) is 11.4. The summed E-state index contributed by atoms with van der Waals surface area (Å²) in [7, 11) is 0. The second kappa shape index (κ2) is 10.8. The van der Waals surface area contributed by atoms with Gasteiger partial charge in [-0.3, -0.25) is 19.5 Å². The fourth-order valence-electron chi connectivity index (χ4n) is 6.07. The molecular formula is C33H30N8O2. The number of carbonyl (C=O) groups is 2. The maximum absolute atomic E-state index is 13.0. The Balaban J connectivity index is 1.12. The summed E-state index contributed by atoms with van der Waals surface area (Å²) in [4.78, 5) is 36.7. The molecule has 2 amide bonds. The van der Waals surface area contributed by atoms with Crippen molar-refractivity contribution >= 4 is 34.1 Å². The van der Waals surface area contributed by atoms with Gasteiger partial charge in [0.15, 0.2) is 0 Å². The van der Waals surface area contributed by atoms with E-state index in [1.165, 1.54) is 0 Å². The van der Waals surface area contributed by atoms with Crippen LogP contribution >= 0.6 is 0 Å². The first-order valence-electron chi connectivity index (χ1n) is 14.2. The zero-order valence-electron chi connectivity index (χ0n) is 23.7. The van der Waals surface area contributed by atoms with Gasteiger partial charge in [-0.2, -0.15) is 10.5 Å². The van der Waals surface area contributed by atoms with Crippen molar-refractivity contribution in [2.24, 2.45) is 0 Å². The maximum atomic E-state index is 13.0. The van der Waals surface area contributed by atoms with E-state index < -0.39 is 17.4 Å². The Morgan fingerprint density at radius 3 is 2.37 bits per heavy atom. The van der Waals surface area contributed by atoms with Gasteiger partial charge in [0.05, 0.1) is 17.7 Å². The highest BCUT2D eigenvalue weighted by molar-refractivity contribution is 6.39. The molecule has 0 radical (unpaired) electrons. The molecule has 0 atom stereocenters. The smallest absolute Gasteiger partial charge is 0.314 e. The number of amides is 2. The summed E-state index contributed by atoms with van der Waals surface area (Å²) in [6.07, 6.45) is 7.85. The first-order chi connectivity index (χ1) is 20.8. The van der Waals surface area contributed by atoms with Crippen LogP contribution in [0.4, 0.5) is 11.5 Å². The Labute approximate surface area is 249 Å². The molecular weight excluding hydrogens is 540 g/mol. The molecule has 6 rings (SSSR count). The molecule has 2 aromatic heterocycles. The van der Waals surface area contributed by atoms with Gasteiger partial charge < -0.3 is 16.4 Å². The standard InChI is InChI=1S/C33H30N8O2/c1-21-6-11-37-18-26(21)23-14-24-16-29(38-19-27(24)28(36)15-23)39-30(42)31(43)40-32(20-35)9-12-41(13-10-32)33(7-8-33)25-4-2-22(17-34)3-5-25/h2-6,11,14-16,18-19H,7-10,12-13,36H2,1H3,(H,40,43)(H,38,39,42). The van der Waals surface area contributed by atoms with E-state index in [1.54, 1.807) is 24.7 Å². The number of rotatable bonds is 5. The van der Waals surface area contributed by atoms with Crippen LogP contribution in [0.2, 0.25) is 0 Å². The number of piperidine rings is 1. The van der Waals surface area contributed by atoms with Gasteiger partial charge in [-0.1, -0.05) is 12.1 Å². The summed E-state index contributed by atoms with van der Waals surface area (Å²) in [5.74, 6) is -1.58. The lowest BCUT2D eigenvalue weighted by atomic mass is 9.87. The number of likely N-dealkylation sites (tertiary alicyclic amines) is 1. The Morgan fingerprint density at radius 1 is 0.977 bits per heavy atom. The number of fused-ring (bicyclic) bond motifs is 1. The predicted molar refractivity (Wildman–Crippen MR) is 162 cm³/mol. The first kappa shape index (κ1) is 27.8. The van der Waals surface area contributed by atoms with E-state index in [9.17, 15) is 14.9 Å². The van der Waals surface area contributed by atoms with Crippen LogP contribution < -0.4 is 16.4 Å². The highest BCUT2D eigenvalue weighted by Gasteiger charge is 2.52. The third-order valence-electron chi connectivity index (χ3n) is 8.73. The molecule has 3 heterocycles. The van der Waals surface area contributed by atoms with Gasteiger partial charge in [0.2, 0.25) is 0 Å². The minimum atomic E-state index is -1.15. The number of benzene rings is 2. The quantitative estimate of drug-likeness (QED) is 0.238. The SMILES string of the molecule is Cc1ccncc1-c1cc(N)c2cnc(NC(=O)C(=O)NC3(C#N)CCN(C4(c5ccc(C#N)cc5)CC4)CC3)cc2c1. The van der Waals surface area contributed by atoms with Crippen molar-refractivity contribution in [2.75, 3.05) is 24.1 Å². The van der Waals surface area contributed by atoms with Gasteiger partial charge in [-0.25, -0.2) is 4.98 Å². The number of pyridine rings is 2. The minimum absolute atomic E-state index is 0.0995. The lowest BCUT2D eigenvalue weighted by Gasteiger charge is -2.42. The number of aryl methyl sites for hydroxylation is 1. The van der Waals surface area contributed by atoms with Crippen molar-refractivity contribution in [3.05, 3.63) is 83.8 Å². The van der Waals surface area contributed by atoms with Crippen molar-refractivity contribution in [1.29, 1.82) is 10.5 Å². The molecule has 1 saturated carbocycles. The molecule has 2 aliphatic rings. The number of carbonyl (C=O) groups excluding carboxylic acids is 2. The van der Waals surface area contributed by atoms with Gasteiger partial charge in [0, 0.05) is 53.9 Å². The third kappa shape index (κ3) is 5.25. The van der Waals surface area contributed by atoms with Crippen molar-refractivity contribution in [3.8, 4) is 23.3 Å². The van der Waals surface area contributed by atoms with Crippen LogP contribution in [0.1, 0.15) is 42.4 Å². The average Bonchev–Trinajstić information content (AvgIpc) is 3.83. The van der Waals surface area contributed by atoms with Gasteiger partial charge in [-0.15, -0.1) is 0 Å². The second-order valence-electron chi connectivity index (χ2n) is 11.4. The molecule has 2 aromatic carbocycles. The molecule has 10 heteroatoms. The molecule has 1 aliphatic heterocycles. The van der Waals surface area contributed by atoms with Crippen LogP contribution in [-0.4, -0.2) is 45.3 Å². The number of nitrogens with one attached hydrogen (secondary N) is 2. The summed E-state index contributed by atoms with van der Waals surface area (Å²) in [6, 6.07) is 19.5. The topological polar surface area (TPSA) is 161 Å². The van der Waals surface area contributed by atoms with Gasteiger partial charge in [-0.05, 0) is 91.1 Å². The van der Waals surface area contributed by atoms with E-state index in [0.717, 1.165) is 45.9 Å². The maximum Gasteiger partial charge on any atom is 0.314 e. The lowest BCUT2D eigenvalue weighted by molar-refractivity contribution is -0.137. The van der Waals surface area contributed by atoms with Crippen molar-refractivity contribution in [2.45, 2.75) is 43.7 Å². The number of aromatic nitrogens is 2. The van der Waals surface area contributed by atoms with Gasteiger partial charge in [0.1, 0.15) is 11.4 Å². The Morgan fingerprint density at radius 2 is 1.72 bits per heavy atom. The van der Waals surface area contributed by atoms with E-state index in [2.05, 4.69) is 37.6 Å². The zero-order chi connectivity index (χ0) is 30.2. The molecule has 0 unspecified atom stereocenters. The Bertz CT molecular complexity index is 1820. The number of nitrogens with zero attached hydrogens (tertiary/aromatic N) is 5. The molecule has 10 nitrogen and oxygen atoms in total. The molecule has 4 aromatic rings. The fourth-order valence-corrected chi connectivity index (χ4v) is 6.07. The number of hydrogen-bond donors (Lipinski definition) is 3. The van der Waals surface area contributed by atoms with Crippen molar-refractivity contribution in [1.82, 2.24) is 20.2 Å². The van der Waals surface area contributed by atoms with E-state index in [0.29, 0.717) is 37.2 Å². The number of nitrogens with two attached hydrogens (primary N) is 1. The summed E-state index contributed by atoms with van der Waals surface area (Å²) >= 11 is 0. The molecule has 1 saturated heterocycles. The molecule has 43 heavy (non-hydrogen) atoms. The van der Waals surface area contributed by atoms with Crippen molar-refractivity contribution in [3.63, 3.8) is 0 Å². The summed E-state index contributed by atoms with van der Waals surface area (Å²) in [5, 5.41) is 25.9. The largest absolute Gasteiger partial charge is 0.398 e. The van der Waals surface area contributed by atoms with Crippen molar-refractivity contribution < 1.29 is 9.59 Å².